The van der Waals surface area contributed by atoms with Crippen LogP contribution < -0.4 is 11.4 Å². The number of benzene rings is 1. The van der Waals surface area contributed by atoms with Gasteiger partial charge < -0.3 is 15.3 Å². The maximum Gasteiger partial charge on any atom is 0.359 e. The van der Waals surface area contributed by atoms with Crippen LogP contribution in [0.3, 0.4) is 0 Å². The summed E-state index contributed by atoms with van der Waals surface area (Å²) in [5.74, 6) is -0.585. The van der Waals surface area contributed by atoms with Crippen LogP contribution >= 0.6 is 0 Å². The summed E-state index contributed by atoms with van der Waals surface area (Å²) in [6.45, 7) is 2.95. The zero-order valence-electron chi connectivity index (χ0n) is 9.40. The third-order valence-corrected chi connectivity index (χ3v) is 2.71. The summed E-state index contributed by atoms with van der Waals surface area (Å²) < 4.78 is 4.99. The second kappa shape index (κ2) is 3.62. The highest BCUT2D eigenvalue weighted by Gasteiger charge is 2.17. The third-order valence-electron chi connectivity index (χ3n) is 2.71. The highest BCUT2D eigenvalue weighted by molar-refractivity contribution is 6.08. The van der Waals surface area contributed by atoms with Gasteiger partial charge >= 0.3 is 5.63 Å². The fraction of sp³-hybridized carbons (Fsp3) is 0.167. The van der Waals surface area contributed by atoms with E-state index in [0.717, 1.165) is 0 Å². The average molecular weight is 233 g/mol. The maximum atomic E-state index is 11.5. The molecule has 0 unspecified atom stereocenters. The molecule has 0 spiro atoms. The number of hydrogen-bond donors (Lipinski definition) is 2. The summed E-state index contributed by atoms with van der Waals surface area (Å²) in [4.78, 5) is 22.9. The molecule has 5 nitrogen and oxygen atoms in total. The largest absolute Gasteiger partial charge is 0.507 e. The van der Waals surface area contributed by atoms with Crippen molar-refractivity contribution in [3.63, 3.8) is 0 Å². The van der Waals surface area contributed by atoms with Gasteiger partial charge in [0.25, 0.3) is 0 Å². The Labute approximate surface area is 96.5 Å². The normalized spacial score (nSPS) is 10.7. The number of aryl methyl sites for hydroxylation is 1. The van der Waals surface area contributed by atoms with E-state index in [2.05, 4.69) is 0 Å². The lowest BCUT2D eigenvalue weighted by molar-refractivity contribution is 0.101. The molecule has 0 aliphatic carbocycles. The van der Waals surface area contributed by atoms with E-state index in [1.165, 1.54) is 13.0 Å². The van der Waals surface area contributed by atoms with Gasteiger partial charge in [-0.1, -0.05) is 0 Å². The van der Waals surface area contributed by atoms with Gasteiger partial charge in [-0.3, -0.25) is 4.79 Å². The molecule has 0 amide bonds. The van der Waals surface area contributed by atoms with Crippen LogP contribution in [0.15, 0.2) is 21.3 Å². The van der Waals surface area contributed by atoms with Crippen LogP contribution in [-0.4, -0.2) is 10.9 Å². The lowest BCUT2D eigenvalue weighted by Gasteiger charge is -2.08. The number of phenols is 1. The Morgan fingerprint density at radius 2 is 2.06 bits per heavy atom. The first kappa shape index (κ1) is 11.2. The SMILES string of the molecule is CC(=O)c1c(O)ccc2c(C)c(N)c(=O)oc12. The highest BCUT2D eigenvalue weighted by Crippen LogP contribution is 2.29. The van der Waals surface area contributed by atoms with Crippen molar-refractivity contribution in [2.75, 3.05) is 5.73 Å². The van der Waals surface area contributed by atoms with Crippen molar-refractivity contribution in [3.8, 4) is 5.75 Å². The molecule has 0 aliphatic heterocycles. The minimum atomic E-state index is -0.705. The van der Waals surface area contributed by atoms with Crippen LogP contribution in [0.5, 0.6) is 5.75 Å². The van der Waals surface area contributed by atoms with Crippen molar-refractivity contribution >= 4 is 22.4 Å². The van der Waals surface area contributed by atoms with E-state index in [9.17, 15) is 14.7 Å². The molecule has 5 heteroatoms. The van der Waals surface area contributed by atoms with Gasteiger partial charge in [-0.05, 0) is 31.5 Å². The fourth-order valence-corrected chi connectivity index (χ4v) is 1.76. The van der Waals surface area contributed by atoms with E-state index in [1.54, 1.807) is 13.0 Å². The second-order valence-corrected chi connectivity index (χ2v) is 3.82. The zero-order chi connectivity index (χ0) is 12.7. The molecule has 1 aromatic carbocycles. The van der Waals surface area contributed by atoms with Crippen molar-refractivity contribution in [2.24, 2.45) is 0 Å². The van der Waals surface area contributed by atoms with E-state index in [0.29, 0.717) is 10.9 Å². The summed E-state index contributed by atoms with van der Waals surface area (Å²) in [5.41, 5.74) is 5.49. The standard InChI is InChI=1S/C12H11NO4/c1-5-7-3-4-8(15)9(6(2)14)11(7)17-12(16)10(5)13/h3-4,15H,13H2,1-2H3. The summed E-state index contributed by atoms with van der Waals surface area (Å²) in [7, 11) is 0. The molecule has 0 bridgehead atoms. The Morgan fingerprint density at radius 3 is 2.65 bits per heavy atom. The molecule has 88 valence electrons. The van der Waals surface area contributed by atoms with Gasteiger partial charge in [0.2, 0.25) is 0 Å². The molecule has 3 N–H and O–H groups in total. The van der Waals surface area contributed by atoms with E-state index in [1.807, 2.05) is 0 Å². The Hall–Kier alpha value is -2.30. The molecule has 2 aromatic rings. The molecular weight excluding hydrogens is 222 g/mol. The number of Topliss-reactive ketones (excluding diaryl/α,β-unsaturated/α-hetero) is 1. The van der Waals surface area contributed by atoms with E-state index >= 15 is 0 Å². The number of hydrogen-bond acceptors (Lipinski definition) is 5. The Balaban J connectivity index is 3.06. The maximum absolute atomic E-state index is 11.5. The Morgan fingerprint density at radius 1 is 1.41 bits per heavy atom. The minimum absolute atomic E-state index is 0.00250. The van der Waals surface area contributed by atoms with Crippen LogP contribution in [0.4, 0.5) is 5.69 Å². The first-order valence-electron chi connectivity index (χ1n) is 4.99. The van der Waals surface area contributed by atoms with Crippen molar-refractivity contribution in [2.45, 2.75) is 13.8 Å². The van der Waals surface area contributed by atoms with Crippen molar-refractivity contribution in [1.29, 1.82) is 0 Å². The van der Waals surface area contributed by atoms with E-state index in [-0.39, 0.29) is 28.4 Å². The number of ketones is 1. The molecule has 0 aliphatic rings. The number of rotatable bonds is 1. The van der Waals surface area contributed by atoms with Gasteiger partial charge in [0.15, 0.2) is 11.4 Å². The summed E-state index contributed by atoms with van der Waals surface area (Å²) in [5, 5.41) is 10.2. The molecule has 0 saturated carbocycles. The quantitative estimate of drug-likeness (QED) is 0.576. The number of aromatic hydroxyl groups is 1. The summed E-state index contributed by atoms with van der Waals surface area (Å²) >= 11 is 0. The number of nitrogens with two attached hydrogens (primary N) is 1. The number of fused-ring (bicyclic) bond motifs is 1. The van der Waals surface area contributed by atoms with Gasteiger partial charge in [-0.25, -0.2) is 4.79 Å². The van der Waals surface area contributed by atoms with Crippen LogP contribution in [0, 0.1) is 6.92 Å². The molecule has 0 radical (unpaired) electrons. The Bertz CT molecular complexity index is 685. The molecule has 17 heavy (non-hydrogen) atoms. The van der Waals surface area contributed by atoms with Crippen LogP contribution in [0.1, 0.15) is 22.8 Å². The predicted octanol–water partition coefficient (Wildman–Crippen LogP) is 1.59. The number of anilines is 1. The zero-order valence-corrected chi connectivity index (χ0v) is 9.40. The number of carbonyl (C=O) groups is 1. The number of carbonyl (C=O) groups excluding carboxylic acids is 1. The fourth-order valence-electron chi connectivity index (χ4n) is 1.76. The molecule has 0 fully saturated rings. The first-order chi connectivity index (χ1) is 7.93. The van der Waals surface area contributed by atoms with Crippen LogP contribution in [0.2, 0.25) is 0 Å². The van der Waals surface area contributed by atoms with Gasteiger partial charge in [0, 0.05) is 5.39 Å². The first-order valence-corrected chi connectivity index (χ1v) is 4.99. The van der Waals surface area contributed by atoms with Gasteiger partial charge in [-0.2, -0.15) is 0 Å². The van der Waals surface area contributed by atoms with Crippen LogP contribution in [-0.2, 0) is 0 Å². The van der Waals surface area contributed by atoms with E-state index in [4.69, 9.17) is 10.2 Å². The smallest absolute Gasteiger partial charge is 0.359 e. The minimum Gasteiger partial charge on any atom is -0.507 e. The Kier molecular flexibility index (Phi) is 2.38. The molecule has 1 aromatic heterocycles. The molecule has 0 atom stereocenters. The lowest BCUT2D eigenvalue weighted by Crippen LogP contribution is -2.10. The average Bonchev–Trinajstić information content (AvgIpc) is 2.25. The summed E-state index contributed by atoms with van der Waals surface area (Å²) in [6.07, 6.45) is 0. The molecule has 2 rings (SSSR count). The van der Waals surface area contributed by atoms with Crippen molar-refractivity contribution < 1.29 is 14.3 Å². The number of phenolic OH excluding ortho intramolecular Hbond substituents is 1. The third kappa shape index (κ3) is 1.56. The highest BCUT2D eigenvalue weighted by atomic mass is 16.4. The summed E-state index contributed by atoms with van der Waals surface area (Å²) in [6, 6.07) is 2.94. The second-order valence-electron chi connectivity index (χ2n) is 3.82. The van der Waals surface area contributed by atoms with Crippen molar-refractivity contribution in [3.05, 3.63) is 33.7 Å². The molecular formula is C12H11NO4. The predicted molar refractivity (Wildman–Crippen MR) is 63.3 cm³/mol. The molecule has 1 heterocycles. The molecule has 0 saturated heterocycles. The topological polar surface area (TPSA) is 93.5 Å². The van der Waals surface area contributed by atoms with Gasteiger partial charge in [0.05, 0.1) is 0 Å². The van der Waals surface area contributed by atoms with E-state index < -0.39 is 5.63 Å². The lowest BCUT2D eigenvalue weighted by atomic mass is 10.0. The monoisotopic (exact) mass is 233 g/mol. The number of nitrogen functional groups attached to an aromatic ring is 1. The van der Waals surface area contributed by atoms with Crippen LogP contribution in [0.25, 0.3) is 11.0 Å². The van der Waals surface area contributed by atoms with Crippen molar-refractivity contribution in [1.82, 2.24) is 0 Å². The van der Waals surface area contributed by atoms with Gasteiger partial charge in [-0.15, -0.1) is 0 Å². The van der Waals surface area contributed by atoms with Gasteiger partial charge in [0.1, 0.15) is 17.0 Å².